The number of amides is 1. The minimum absolute atomic E-state index is 0.0931. The predicted octanol–water partition coefficient (Wildman–Crippen LogP) is 4.43. The third kappa shape index (κ3) is 11.2. The van der Waals surface area contributed by atoms with Crippen molar-refractivity contribution in [1.29, 1.82) is 0 Å². The van der Waals surface area contributed by atoms with Crippen LogP contribution in [0.1, 0.15) is 54.0 Å². The van der Waals surface area contributed by atoms with Crippen molar-refractivity contribution in [1.82, 2.24) is 5.32 Å². The standard InChI is InChI=1S/C18H25NO5.C4H8/c1-17(2,3)24-16(22)19-11-14(20)18(4,5)15(21)23-12-13-9-7-6-8-10-13;1-4(2)3/h6-10H,11-12H2,1-5H3,(H,19,22);1H2,2-3H3. The lowest BCUT2D eigenvalue weighted by molar-refractivity contribution is -0.159. The molecule has 6 heteroatoms. The number of carbonyl (C=O) groups excluding carboxylic acids is 3. The molecule has 0 aliphatic rings. The van der Waals surface area contributed by atoms with Crippen molar-refractivity contribution in [3.8, 4) is 0 Å². The number of esters is 1. The SMILES string of the molecule is C=C(C)C.CC(C)(C)OC(=O)NCC(=O)C(C)(C)C(=O)OCc1ccccc1. The van der Waals surface area contributed by atoms with Crippen molar-refractivity contribution in [3.63, 3.8) is 0 Å². The quantitative estimate of drug-likeness (QED) is 0.441. The number of Topliss-reactive ketones (excluding diaryl/α,β-unsaturated/α-hetero) is 1. The number of allylic oxidation sites excluding steroid dienone is 1. The molecular formula is C22H33NO5. The van der Waals surface area contributed by atoms with Gasteiger partial charge in [-0.2, -0.15) is 0 Å². The molecule has 0 bridgehead atoms. The number of rotatable bonds is 6. The Bertz CT molecular complexity index is 668. The minimum atomic E-state index is -1.36. The first-order valence-electron chi connectivity index (χ1n) is 9.09. The molecule has 0 spiro atoms. The summed E-state index contributed by atoms with van der Waals surface area (Å²) in [6.45, 7) is 15.4. The van der Waals surface area contributed by atoms with E-state index in [4.69, 9.17) is 9.47 Å². The van der Waals surface area contributed by atoms with Crippen LogP contribution in [0.4, 0.5) is 4.79 Å². The van der Waals surface area contributed by atoms with Crippen LogP contribution in [0.3, 0.4) is 0 Å². The van der Waals surface area contributed by atoms with E-state index in [1.54, 1.807) is 20.8 Å². The Balaban J connectivity index is 0.00000165. The van der Waals surface area contributed by atoms with Gasteiger partial charge >= 0.3 is 12.1 Å². The number of hydrogen-bond acceptors (Lipinski definition) is 5. The molecule has 1 aromatic carbocycles. The number of ether oxygens (including phenoxy) is 2. The average molecular weight is 392 g/mol. The van der Waals surface area contributed by atoms with E-state index < -0.39 is 28.9 Å². The summed E-state index contributed by atoms with van der Waals surface area (Å²) in [4.78, 5) is 36.0. The zero-order chi connectivity index (χ0) is 22.0. The van der Waals surface area contributed by atoms with Crippen LogP contribution in [0.2, 0.25) is 0 Å². The normalized spacial score (nSPS) is 10.8. The first kappa shape index (κ1) is 25.4. The van der Waals surface area contributed by atoms with Gasteiger partial charge in [0.1, 0.15) is 17.6 Å². The summed E-state index contributed by atoms with van der Waals surface area (Å²) in [5.41, 5.74) is -0.0119. The third-order valence-electron chi connectivity index (χ3n) is 3.21. The van der Waals surface area contributed by atoms with Crippen molar-refractivity contribution in [2.24, 2.45) is 5.41 Å². The van der Waals surface area contributed by atoms with Crippen LogP contribution < -0.4 is 5.32 Å². The Morgan fingerprint density at radius 1 is 1.00 bits per heavy atom. The lowest BCUT2D eigenvalue weighted by Crippen LogP contribution is -2.43. The molecule has 28 heavy (non-hydrogen) atoms. The summed E-state index contributed by atoms with van der Waals surface area (Å²) in [5, 5.41) is 2.36. The van der Waals surface area contributed by atoms with Crippen LogP contribution in [-0.4, -0.2) is 30.0 Å². The first-order chi connectivity index (χ1) is 12.8. The van der Waals surface area contributed by atoms with Gasteiger partial charge in [-0.3, -0.25) is 9.59 Å². The summed E-state index contributed by atoms with van der Waals surface area (Å²) in [5.74, 6) is -1.09. The Hall–Kier alpha value is -2.63. The molecule has 0 atom stereocenters. The molecule has 156 valence electrons. The van der Waals surface area contributed by atoms with Crippen molar-refractivity contribution in [2.75, 3.05) is 6.54 Å². The van der Waals surface area contributed by atoms with E-state index in [9.17, 15) is 14.4 Å². The molecule has 1 aromatic rings. The summed E-state index contributed by atoms with van der Waals surface area (Å²) in [6.07, 6.45) is -0.704. The Morgan fingerprint density at radius 2 is 1.50 bits per heavy atom. The highest BCUT2D eigenvalue weighted by atomic mass is 16.6. The van der Waals surface area contributed by atoms with Crippen molar-refractivity contribution in [2.45, 2.75) is 60.7 Å². The number of ketones is 1. The highest BCUT2D eigenvalue weighted by Crippen LogP contribution is 2.19. The van der Waals surface area contributed by atoms with Gasteiger partial charge in [-0.25, -0.2) is 4.79 Å². The third-order valence-corrected chi connectivity index (χ3v) is 3.21. The molecular weight excluding hydrogens is 358 g/mol. The van der Waals surface area contributed by atoms with Gasteiger partial charge in [0.2, 0.25) is 0 Å². The molecule has 1 rings (SSSR count). The highest BCUT2D eigenvalue weighted by molar-refractivity contribution is 6.04. The maximum atomic E-state index is 12.2. The monoisotopic (exact) mass is 391 g/mol. The summed E-state index contributed by atoms with van der Waals surface area (Å²) in [7, 11) is 0. The topological polar surface area (TPSA) is 81.7 Å². The number of hydrogen-bond donors (Lipinski definition) is 1. The zero-order valence-electron chi connectivity index (χ0n) is 18.0. The van der Waals surface area contributed by atoms with Gasteiger partial charge in [0.15, 0.2) is 5.78 Å². The molecule has 0 heterocycles. The fourth-order valence-corrected chi connectivity index (χ4v) is 1.70. The maximum Gasteiger partial charge on any atom is 0.408 e. The summed E-state index contributed by atoms with van der Waals surface area (Å²) < 4.78 is 10.2. The van der Waals surface area contributed by atoms with E-state index in [0.29, 0.717) is 0 Å². The van der Waals surface area contributed by atoms with E-state index in [-0.39, 0.29) is 13.2 Å². The molecule has 0 saturated carbocycles. The number of nitrogens with one attached hydrogen (secondary N) is 1. The maximum absolute atomic E-state index is 12.2. The van der Waals surface area contributed by atoms with E-state index in [1.807, 2.05) is 44.2 Å². The van der Waals surface area contributed by atoms with Crippen LogP contribution >= 0.6 is 0 Å². The Morgan fingerprint density at radius 3 is 1.96 bits per heavy atom. The molecule has 0 unspecified atom stereocenters. The van der Waals surface area contributed by atoms with Crippen molar-refractivity contribution >= 4 is 17.8 Å². The molecule has 0 fully saturated rings. The molecule has 0 aliphatic carbocycles. The second-order valence-corrected chi connectivity index (χ2v) is 8.17. The van der Waals surface area contributed by atoms with Gasteiger partial charge in [-0.05, 0) is 54.0 Å². The smallest absolute Gasteiger partial charge is 0.408 e. The van der Waals surface area contributed by atoms with E-state index in [1.165, 1.54) is 19.4 Å². The van der Waals surface area contributed by atoms with Gasteiger partial charge in [0.05, 0.1) is 6.54 Å². The van der Waals surface area contributed by atoms with Crippen LogP contribution in [0.5, 0.6) is 0 Å². The number of benzene rings is 1. The first-order valence-corrected chi connectivity index (χ1v) is 9.09. The molecule has 0 aromatic heterocycles. The van der Waals surface area contributed by atoms with Crippen LogP contribution in [0.15, 0.2) is 42.5 Å². The van der Waals surface area contributed by atoms with Gasteiger partial charge in [0, 0.05) is 0 Å². The summed E-state index contributed by atoms with van der Waals surface area (Å²) in [6, 6.07) is 9.19. The molecule has 1 amide bonds. The average Bonchev–Trinajstić information content (AvgIpc) is 2.56. The fraction of sp³-hybridized carbons (Fsp3) is 0.500. The van der Waals surface area contributed by atoms with Crippen molar-refractivity contribution in [3.05, 3.63) is 48.0 Å². The fourth-order valence-electron chi connectivity index (χ4n) is 1.70. The molecule has 0 radical (unpaired) electrons. The second kappa shape index (κ2) is 11.3. The van der Waals surface area contributed by atoms with Crippen LogP contribution in [0, 0.1) is 5.41 Å². The molecule has 0 aliphatic heterocycles. The van der Waals surface area contributed by atoms with Gasteiger partial charge < -0.3 is 14.8 Å². The lowest BCUT2D eigenvalue weighted by atomic mass is 9.88. The number of alkyl carbamates (subject to hydrolysis) is 1. The van der Waals surface area contributed by atoms with Gasteiger partial charge in [0.25, 0.3) is 0 Å². The van der Waals surface area contributed by atoms with Gasteiger partial charge in [-0.15, -0.1) is 6.58 Å². The highest BCUT2D eigenvalue weighted by Gasteiger charge is 2.37. The van der Waals surface area contributed by atoms with E-state index >= 15 is 0 Å². The van der Waals surface area contributed by atoms with Gasteiger partial charge in [-0.1, -0.05) is 35.9 Å². The van der Waals surface area contributed by atoms with E-state index in [0.717, 1.165) is 5.56 Å². The summed E-state index contributed by atoms with van der Waals surface area (Å²) >= 11 is 0. The Kier molecular flexibility index (Phi) is 10.2. The zero-order valence-corrected chi connectivity index (χ0v) is 18.0. The Labute approximate surface area is 168 Å². The van der Waals surface area contributed by atoms with E-state index in [2.05, 4.69) is 11.9 Å². The largest absolute Gasteiger partial charge is 0.460 e. The molecule has 1 N–H and O–H groups in total. The lowest BCUT2D eigenvalue weighted by Gasteiger charge is -2.23. The second-order valence-electron chi connectivity index (χ2n) is 8.17. The minimum Gasteiger partial charge on any atom is -0.460 e. The van der Waals surface area contributed by atoms with Crippen molar-refractivity contribution < 1.29 is 23.9 Å². The van der Waals surface area contributed by atoms with Crippen LogP contribution in [0.25, 0.3) is 0 Å². The molecule has 6 nitrogen and oxygen atoms in total. The van der Waals surface area contributed by atoms with Crippen LogP contribution in [-0.2, 0) is 25.7 Å². The number of carbonyl (C=O) groups is 3. The molecule has 0 saturated heterocycles. The predicted molar refractivity (Wildman–Crippen MR) is 110 cm³/mol.